The van der Waals surface area contributed by atoms with E-state index in [4.69, 9.17) is 25.8 Å². The van der Waals surface area contributed by atoms with Crippen molar-refractivity contribution in [2.75, 3.05) is 13.2 Å². The molecule has 0 saturated carbocycles. The third-order valence-corrected chi connectivity index (χ3v) is 13.6. The van der Waals surface area contributed by atoms with E-state index >= 15 is 0 Å². The molecule has 1 amide bonds. The minimum atomic E-state index is -1.47. The van der Waals surface area contributed by atoms with E-state index in [9.17, 15) is 19.2 Å². The Kier molecular flexibility index (Phi) is 20.7. The molecule has 5 aromatic rings. The van der Waals surface area contributed by atoms with Crippen LogP contribution in [0.2, 0.25) is 5.02 Å². The van der Waals surface area contributed by atoms with Crippen molar-refractivity contribution in [1.29, 1.82) is 0 Å². The van der Waals surface area contributed by atoms with Crippen molar-refractivity contribution in [1.82, 2.24) is 5.32 Å². The zero-order valence-corrected chi connectivity index (χ0v) is 42.7. The van der Waals surface area contributed by atoms with Crippen LogP contribution in [0.3, 0.4) is 0 Å². The minimum Gasteiger partial charge on any atom is -0.460 e. The molecule has 1 N–H and O–H groups in total. The van der Waals surface area contributed by atoms with Gasteiger partial charge in [-0.3, -0.25) is 14.4 Å². The van der Waals surface area contributed by atoms with Crippen molar-refractivity contribution in [3.05, 3.63) is 166 Å². The number of ether oxygens (including phenoxy) is 3. The minimum absolute atomic E-state index is 0.0577. The molecule has 2 atom stereocenters. The molecule has 9 heteroatoms. The van der Waals surface area contributed by atoms with Gasteiger partial charge in [-0.1, -0.05) is 216 Å². The van der Waals surface area contributed by atoms with Gasteiger partial charge in [0.05, 0.1) is 5.92 Å². The van der Waals surface area contributed by atoms with E-state index in [0.29, 0.717) is 34.6 Å². The zero-order chi connectivity index (χ0) is 49.8. The molecule has 0 bridgehead atoms. The van der Waals surface area contributed by atoms with Crippen LogP contribution in [-0.2, 0) is 34.2 Å². The molecule has 8 nitrogen and oxygen atoms in total. The molecule has 70 heavy (non-hydrogen) atoms. The van der Waals surface area contributed by atoms with E-state index in [0.717, 1.165) is 66.3 Å². The van der Waals surface area contributed by atoms with Crippen LogP contribution in [0.25, 0.3) is 11.1 Å². The fourth-order valence-electron chi connectivity index (χ4n) is 9.67. The lowest BCUT2D eigenvalue weighted by Crippen LogP contribution is -2.41. The van der Waals surface area contributed by atoms with Crippen LogP contribution in [0.4, 0.5) is 4.79 Å². The number of hydrogen-bond acceptors (Lipinski definition) is 7. The van der Waals surface area contributed by atoms with Gasteiger partial charge in [0.1, 0.15) is 18.0 Å². The van der Waals surface area contributed by atoms with Gasteiger partial charge in [0.15, 0.2) is 5.60 Å². The monoisotopic (exact) mass is 968 g/mol. The van der Waals surface area contributed by atoms with Gasteiger partial charge in [-0.2, -0.15) is 0 Å². The average Bonchev–Trinajstić information content (AvgIpc) is 3.67. The number of alkyl carbamates (subject to hydrolysis) is 1. The van der Waals surface area contributed by atoms with Crippen molar-refractivity contribution in [3.63, 3.8) is 0 Å². The maximum Gasteiger partial charge on any atom is 0.407 e. The first kappa shape index (κ1) is 53.6. The number of esters is 2. The number of ketones is 1. The topological polar surface area (TPSA) is 108 Å². The van der Waals surface area contributed by atoms with E-state index in [2.05, 4.69) is 29.6 Å². The number of nitrogens with one attached hydrogen (secondary N) is 1. The van der Waals surface area contributed by atoms with Crippen molar-refractivity contribution in [3.8, 4) is 11.1 Å². The molecule has 0 spiro atoms. The van der Waals surface area contributed by atoms with Gasteiger partial charge in [-0.25, -0.2) is 4.79 Å². The molecule has 0 aliphatic heterocycles. The lowest BCUT2D eigenvalue weighted by molar-refractivity contribution is -0.159. The van der Waals surface area contributed by atoms with Crippen molar-refractivity contribution < 1.29 is 33.4 Å². The molecule has 0 aromatic heterocycles. The molecule has 1 aliphatic rings. The summed E-state index contributed by atoms with van der Waals surface area (Å²) >= 11 is 6.99. The number of rotatable bonds is 28. The summed E-state index contributed by atoms with van der Waals surface area (Å²) in [5, 5.41) is 3.26. The first-order valence-electron chi connectivity index (χ1n) is 25.8. The summed E-state index contributed by atoms with van der Waals surface area (Å²) in [4.78, 5) is 54.1. The predicted octanol–water partition coefficient (Wildman–Crippen LogP) is 15.2. The number of fused-ring (bicyclic) bond motifs is 3. The number of benzene rings is 5. The highest BCUT2D eigenvalue weighted by Gasteiger charge is 2.44. The van der Waals surface area contributed by atoms with E-state index < -0.39 is 29.2 Å². The number of carbonyl (C=O) groups is 4. The second-order valence-electron chi connectivity index (χ2n) is 20.0. The highest BCUT2D eigenvalue weighted by atomic mass is 35.5. The molecule has 0 heterocycles. The molecule has 6 rings (SSSR count). The van der Waals surface area contributed by atoms with Crippen molar-refractivity contribution in [2.24, 2.45) is 5.92 Å². The highest BCUT2D eigenvalue weighted by Crippen LogP contribution is 2.46. The number of Topliss-reactive ketones (excluding diaryl/α,β-unsaturated/α-hetero) is 1. The second kappa shape index (κ2) is 27.0. The van der Waals surface area contributed by atoms with Crippen molar-refractivity contribution >= 4 is 35.4 Å². The van der Waals surface area contributed by atoms with E-state index in [-0.39, 0.29) is 37.2 Å². The van der Waals surface area contributed by atoms with Crippen LogP contribution in [-0.4, -0.2) is 42.6 Å². The second-order valence-corrected chi connectivity index (χ2v) is 20.4. The Morgan fingerprint density at radius 3 is 1.61 bits per heavy atom. The molecule has 5 aromatic carbocycles. The van der Waals surface area contributed by atoms with E-state index in [1.807, 2.05) is 125 Å². The number of amides is 1. The smallest absolute Gasteiger partial charge is 0.407 e. The Labute approximate surface area is 422 Å². The van der Waals surface area contributed by atoms with Gasteiger partial charge >= 0.3 is 18.0 Å². The van der Waals surface area contributed by atoms with E-state index in [1.165, 1.54) is 51.4 Å². The van der Waals surface area contributed by atoms with Gasteiger partial charge in [0.2, 0.25) is 0 Å². The average molecular weight is 969 g/mol. The molecule has 0 radical (unpaired) electrons. The Morgan fingerprint density at radius 2 is 1.06 bits per heavy atom. The largest absolute Gasteiger partial charge is 0.460 e. The summed E-state index contributed by atoms with van der Waals surface area (Å²) < 4.78 is 18.1. The van der Waals surface area contributed by atoms with Crippen LogP contribution < -0.4 is 5.32 Å². The maximum atomic E-state index is 14.9. The Morgan fingerprint density at radius 1 is 0.571 bits per heavy atom. The summed E-state index contributed by atoms with van der Waals surface area (Å²) in [6.07, 6.45) is 15.7. The van der Waals surface area contributed by atoms with Gasteiger partial charge < -0.3 is 19.5 Å². The van der Waals surface area contributed by atoms with Crippen molar-refractivity contribution in [2.45, 2.75) is 154 Å². The van der Waals surface area contributed by atoms with Gasteiger partial charge in [-0.05, 0) is 68.9 Å². The van der Waals surface area contributed by atoms with Crippen LogP contribution in [0.15, 0.2) is 127 Å². The zero-order valence-electron chi connectivity index (χ0n) is 41.9. The summed E-state index contributed by atoms with van der Waals surface area (Å²) in [6, 6.07) is 41.0. The molecular formula is C61H74ClNO7. The third kappa shape index (κ3) is 15.6. The lowest BCUT2D eigenvalue weighted by Gasteiger charge is -2.37. The number of carbonyl (C=O) groups excluding carboxylic acids is 4. The number of aryl methyl sites for hydroxylation is 1. The maximum absolute atomic E-state index is 14.9. The summed E-state index contributed by atoms with van der Waals surface area (Å²) in [7, 11) is 0. The Balaban J connectivity index is 1.03. The standard InChI is InChI=1S/C61H74ClNO7/c1-45-38-40-48(41-39-45)61(47-28-18-17-19-29-47,55-35-26-27-36-56(55)62)70-58(66)46(43-63-59(67)68-44-54-52-33-24-22-31-50(52)51-32-23-25-34-53(51)54)42-49(64)30-20-15-13-11-9-7-5-6-8-10-12-14-16-21-37-57(65)69-60(2,3)4/h17-19,22-29,31-36,38-41,46,54H,5-16,20-21,30,37,42-44H2,1-4H3,(H,63,67)/t46-,61?/m0/s1. The number of unbranched alkanes of at least 4 members (excludes halogenated alkanes) is 13. The molecule has 1 unspecified atom stereocenters. The first-order valence-corrected chi connectivity index (χ1v) is 26.2. The van der Waals surface area contributed by atoms with Crippen LogP contribution in [0.5, 0.6) is 0 Å². The molecule has 0 fully saturated rings. The third-order valence-electron chi connectivity index (χ3n) is 13.3. The predicted molar refractivity (Wildman–Crippen MR) is 281 cm³/mol. The number of hydrogen-bond donors (Lipinski definition) is 1. The SMILES string of the molecule is Cc1ccc(C(OC(=O)[C@H](CNC(=O)OCC2c3ccccc3-c3ccccc32)CC(=O)CCCCCCCCCCCCCCCCC(=O)OC(C)(C)C)(c2ccccc2)c2ccccc2Cl)cc1. The summed E-state index contributed by atoms with van der Waals surface area (Å²) in [5.41, 5.74) is 5.57. The fourth-order valence-corrected chi connectivity index (χ4v) is 9.94. The fraction of sp³-hybridized carbons (Fsp3) is 0.443. The van der Waals surface area contributed by atoms with Crippen LogP contribution >= 0.6 is 11.6 Å². The normalized spacial score (nSPS) is 13.4. The molecular weight excluding hydrogens is 894 g/mol. The van der Waals surface area contributed by atoms with Gasteiger partial charge in [0, 0.05) is 53.4 Å². The van der Waals surface area contributed by atoms with Gasteiger partial charge in [0.25, 0.3) is 0 Å². The molecule has 0 saturated heterocycles. The summed E-state index contributed by atoms with van der Waals surface area (Å²) in [5.74, 6) is -1.93. The Bertz CT molecular complexity index is 2400. The first-order chi connectivity index (χ1) is 33.9. The number of halogens is 1. The van der Waals surface area contributed by atoms with Crippen LogP contribution in [0, 0.1) is 12.8 Å². The highest BCUT2D eigenvalue weighted by molar-refractivity contribution is 6.31. The van der Waals surface area contributed by atoms with Gasteiger partial charge in [-0.15, -0.1) is 0 Å². The van der Waals surface area contributed by atoms with Crippen LogP contribution in [0.1, 0.15) is 169 Å². The quantitative estimate of drug-likeness (QED) is 0.0230. The summed E-state index contributed by atoms with van der Waals surface area (Å²) in [6.45, 7) is 7.68. The Hall–Kier alpha value is -5.73. The van der Waals surface area contributed by atoms with E-state index in [1.54, 1.807) is 6.07 Å². The molecule has 372 valence electrons. The lowest BCUT2D eigenvalue weighted by atomic mass is 9.79. The molecule has 1 aliphatic carbocycles.